The first-order valence-electron chi connectivity index (χ1n) is 4.65. The molecule has 0 saturated carbocycles. The van der Waals surface area contributed by atoms with Crippen LogP contribution in [0.25, 0.3) is 0 Å². The molecule has 1 aliphatic heterocycles. The van der Waals surface area contributed by atoms with Gasteiger partial charge >= 0.3 is 6.09 Å². The second-order valence-electron chi connectivity index (χ2n) is 3.18. The minimum atomic E-state index is -0.297. The van der Waals surface area contributed by atoms with Gasteiger partial charge in [-0.25, -0.2) is 4.79 Å². The Hall–Kier alpha value is -1.06. The van der Waals surface area contributed by atoms with Crippen LogP contribution in [-0.2, 0) is 9.53 Å². The zero-order valence-corrected chi connectivity index (χ0v) is 7.86. The van der Waals surface area contributed by atoms with Crippen molar-refractivity contribution in [2.75, 3.05) is 19.7 Å². The number of rotatable bonds is 2. The van der Waals surface area contributed by atoms with E-state index < -0.39 is 0 Å². The van der Waals surface area contributed by atoms with E-state index in [4.69, 9.17) is 4.74 Å². The minimum absolute atomic E-state index is 0.00171. The van der Waals surface area contributed by atoms with Gasteiger partial charge in [0.1, 0.15) is 6.29 Å². The number of carbonyl (C=O) groups is 2. The second kappa shape index (κ2) is 4.84. The second-order valence-corrected chi connectivity index (χ2v) is 3.18. The van der Waals surface area contributed by atoms with E-state index in [9.17, 15) is 9.59 Å². The summed E-state index contributed by atoms with van der Waals surface area (Å²) in [6.07, 6.45) is 2.40. The average molecular weight is 185 g/mol. The molecule has 1 heterocycles. The maximum atomic E-state index is 11.2. The molecule has 0 aromatic carbocycles. The Kier molecular flexibility index (Phi) is 3.73. The summed E-state index contributed by atoms with van der Waals surface area (Å²) < 4.78 is 4.85. The van der Waals surface area contributed by atoms with Crippen molar-refractivity contribution in [1.29, 1.82) is 0 Å². The summed E-state index contributed by atoms with van der Waals surface area (Å²) in [5.74, 6) is -0.00171. The van der Waals surface area contributed by atoms with Crippen LogP contribution in [0.15, 0.2) is 0 Å². The van der Waals surface area contributed by atoms with Crippen LogP contribution >= 0.6 is 0 Å². The molecule has 0 N–H and O–H groups in total. The third-order valence-electron chi connectivity index (χ3n) is 2.18. The predicted molar refractivity (Wildman–Crippen MR) is 47.4 cm³/mol. The molecule has 1 unspecified atom stereocenters. The van der Waals surface area contributed by atoms with Crippen LogP contribution in [0, 0.1) is 5.92 Å². The van der Waals surface area contributed by atoms with Crippen molar-refractivity contribution >= 4 is 12.4 Å². The number of amides is 1. The molecule has 0 aromatic rings. The van der Waals surface area contributed by atoms with E-state index in [1.165, 1.54) is 0 Å². The monoisotopic (exact) mass is 185 g/mol. The summed E-state index contributed by atoms with van der Waals surface area (Å²) in [5.41, 5.74) is 0. The Morgan fingerprint density at radius 3 is 3.08 bits per heavy atom. The Morgan fingerprint density at radius 2 is 2.46 bits per heavy atom. The Labute approximate surface area is 77.8 Å². The van der Waals surface area contributed by atoms with Crippen molar-refractivity contribution in [3.8, 4) is 0 Å². The van der Waals surface area contributed by atoms with Crippen LogP contribution < -0.4 is 0 Å². The molecule has 0 aliphatic carbocycles. The van der Waals surface area contributed by atoms with Gasteiger partial charge in [0.2, 0.25) is 0 Å². The van der Waals surface area contributed by atoms with Crippen LogP contribution in [0.4, 0.5) is 4.79 Å². The van der Waals surface area contributed by atoms with E-state index in [1.54, 1.807) is 11.8 Å². The zero-order valence-electron chi connectivity index (χ0n) is 7.86. The number of nitrogens with zero attached hydrogens (tertiary/aromatic N) is 1. The highest BCUT2D eigenvalue weighted by Crippen LogP contribution is 2.14. The van der Waals surface area contributed by atoms with Gasteiger partial charge in [-0.15, -0.1) is 0 Å². The molecule has 13 heavy (non-hydrogen) atoms. The molecule has 1 amide bonds. The molecule has 0 radical (unpaired) electrons. The summed E-state index contributed by atoms with van der Waals surface area (Å²) in [6, 6.07) is 0. The lowest BCUT2D eigenvalue weighted by Gasteiger charge is -2.29. The van der Waals surface area contributed by atoms with E-state index in [0.29, 0.717) is 19.7 Å². The molecule has 4 heteroatoms. The first-order chi connectivity index (χ1) is 6.27. The number of carbonyl (C=O) groups excluding carboxylic acids is 2. The fourth-order valence-electron chi connectivity index (χ4n) is 1.50. The largest absolute Gasteiger partial charge is 0.450 e. The Bertz CT molecular complexity index is 193. The predicted octanol–water partition coefficient (Wildman–Crippen LogP) is 1.05. The molecular weight excluding hydrogens is 170 g/mol. The molecule has 4 nitrogen and oxygen atoms in total. The molecule has 1 saturated heterocycles. The van der Waals surface area contributed by atoms with Gasteiger partial charge in [-0.05, 0) is 19.8 Å². The van der Waals surface area contributed by atoms with Crippen molar-refractivity contribution in [1.82, 2.24) is 4.90 Å². The normalized spacial score (nSPS) is 22.5. The molecule has 1 atom stereocenters. The highest BCUT2D eigenvalue weighted by molar-refractivity contribution is 5.68. The van der Waals surface area contributed by atoms with Gasteiger partial charge in [0.15, 0.2) is 0 Å². The molecular formula is C9H15NO3. The van der Waals surface area contributed by atoms with E-state index in [-0.39, 0.29) is 12.0 Å². The van der Waals surface area contributed by atoms with Gasteiger partial charge in [0, 0.05) is 19.0 Å². The van der Waals surface area contributed by atoms with Crippen molar-refractivity contribution in [3.05, 3.63) is 0 Å². The van der Waals surface area contributed by atoms with Crippen molar-refractivity contribution in [2.45, 2.75) is 19.8 Å². The molecule has 1 rings (SSSR count). The number of aldehydes is 1. The number of hydrogen-bond acceptors (Lipinski definition) is 3. The number of hydrogen-bond donors (Lipinski definition) is 0. The molecule has 1 aliphatic rings. The Morgan fingerprint density at radius 1 is 1.69 bits per heavy atom. The number of likely N-dealkylation sites (tertiary alicyclic amines) is 1. The summed E-state index contributed by atoms with van der Waals surface area (Å²) in [5, 5.41) is 0. The molecule has 0 bridgehead atoms. The molecule has 74 valence electrons. The number of ether oxygens (including phenoxy) is 1. The van der Waals surface area contributed by atoms with E-state index in [1.807, 2.05) is 0 Å². The van der Waals surface area contributed by atoms with Crippen molar-refractivity contribution in [2.24, 2.45) is 5.92 Å². The molecule has 0 spiro atoms. The molecule has 1 fully saturated rings. The maximum Gasteiger partial charge on any atom is 0.409 e. The first-order valence-corrected chi connectivity index (χ1v) is 4.65. The fourth-order valence-corrected chi connectivity index (χ4v) is 1.50. The maximum absolute atomic E-state index is 11.2. The highest BCUT2D eigenvalue weighted by atomic mass is 16.6. The van der Waals surface area contributed by atoms with Gasteiger partial charge in [0.25, 0.3) is 0 Å². The zero-order chi connectivity index (χ0) is 9.68. The van der Waals surface area contributed by atoms with Gasteiger partial charge in [-0.1, -0.05) is 0 Å². The third-order valence-corrected chi connectivity index (χ3v) is 2.18. The lowest BCUT2D eigenvalue weighted by atomic mass is 10.0. The summed E-state index contributed by atoms with van der Waals surface area (Å²) in [6.45, 7) is 3.39. The summed E-state index contributed by atoms with van der Waals surface area (Å²) >= 11 is 0. The smallest absolute Gasteiger partial charge is 0.409 e. The van der Waals surface area contributed by atoms with E-state index in [2.05, 4.69) is 0 Å². The molecule has 0 aromatic heterocycles. The summed E-state index contributed by atoms with van der Waals surface area (Å²) in [4.78, 5) is 23.4. The lowest BCUT2D eigenvalue weighted by Crippen LogP contribution is -2.40. The number of piperidine rings is 1. The lowest BCUT2D eigenvalue weighted by molar-refractivity contribution is -0.112. The minimum Gasteiger partial charge on any atom is -0.450 e. The van der Waals surface area contributed by atoms with Crippen LogP contribution in [0.1, 0.15) is 19.8 Å². The van der Waals surface area contributed by atoms with Crippen molar-refractivity contribution in [3.63, 3.8) is 0 Å². The Balaban J connectivity index is 2.41. The summed E-state index contributed by atoms with van der Waals surface area (Å²) in [7, 11) is 0. The van der Waals surface area contributed by atoms with Gasteiger partial charge in [0.05, 0.1) is 6.61 Å². The standard InChI is InChI=1S/C9H15NO3/c1-2-13-9(12)10-5-3-4-8(6-10)7-11/h7-8H,2-6H2,1H3. The van der Waals surface area contributed by atoms with Crippen LogP contribution in [0.3, 0.4) is 0 Å². The fraction of sp³-hybridized carbons (Fsp3) is 0.778. The van der Waals surface area contributed by atoms with Gasteiger partial charge in [-0.2, -0.15) is 0 Å². The average Bonchev–Trinajstić information content (AvgIpc) is 2.18. The quantitative estimate of drug-likeness (QED) is 0.604. The van der Waals surface area contributed by atoms with E-state index >= 15 is 0 Å². The van der Waals surface area contributed by atoms with Crippen LogP contribution in [0.2, 0.25) is 0 Å². The van der Waals surface area contributed by atoms with Crippen molar-refractivity contribution < 1.29 is 14.3 Å². The van der Waals surface area contributed by atoms with Gasteiger partial charge < -0.3 is 14.4 Å². The third kappa shape index (κ3) is 2.72. The van der Waals surface area contributed by atoms with Gasteiger partial charge in [-0.3, -0.25) is 0 Å². The van der Waals surface area contributed by atoms with Crippen LogP contribution in [0.5, 0.6) is 0 Å². The van der Waals surface area contributed by atoms with Crippen LogP contribution in [-0.4, -0.2) is 37.0 Å². The SMILES string of the molecule is CCOC(=O)N1CCCC(C=O)C1. The van der Waals surface area contributed by atoms with E-state index in [0.717, 1.165) is 19.1 Å². The topological polar surface area (TPSA) is 46.6 Å². The highest BCUT2D eigenvalue weighted by Gasteiger charge is 2.23. The first kappa shape index (κ1) is 10.0.